The van der Waals surface area contributed by atoms with E-state index in [0.717, 1.165) is 0 Å². The zero-order chi connectivity index (χ0) is 14.3. The first kappa shape index (κ1) is 15.7. The number of benzene rings is 1. The second kappa shape index (κ2) is 7.91. The van der Waals surface area contributed by atoms with Gasteiger partial charge in [0.2, 0.25) is 0 Å². The molecule has 0 aliphatic heterocycles. The van der Waals surface area contributed by atoms with E-state index in [1.54, 1.807) is 24.3 Å². The van der Waals surface area contributed by atoms with Gasteiger partial charge in [0.15, 0.2) is 0 Å². The highest BCUT2D eigenvalue weighted by Crippen LogP contribution is 2.20. The number of carbonyl (C=O) groups excluding carboxylic acids is 1. The summed E-state index contributed by atoms with van der Waals surface area (Å²) in [6, 6.07) is 5.25. The van der Waals surface area contributed by atoms with Gasteiger partial charge in [0, 0.05) is 0 Å². The van der Waals surface area contributed by atoms with Crippen LogP contribution in [0.15, 0.2) is 24.3 Å². The smallest absolute Gasteiger partial charge is 0.326 e. The third-order valence-corrected chi connectivity index (χ3v) is 3.31. The van der Waals surface area contributed by atoms with Crippen LogP contribution in [0.3, 0.4) is 0 Å². The molecule has 1 aromatic rings. The van der Waals surface area contributed by atoms with Gasteiger partial charge in [-0.05, 0) is 30.6 Å². The van der Waals surface area contributed by atoms with Crippen molar-refractivity contribution in [2.24, 2.45) is 0 Å². The van der Waals surface area contributed by atoms with Gasteiger partial charge in [-0.3, -0.25) is 0 Å². The summed E-state index contributed by atoms with van der Waals surface area (Å²) in [5.74, 6) is -0.396. The molecule has 0 saturated carbocycles. The minimum absolute atomic E-state index is 0.368. The number of carboxylic acids is 1. The predicted octanol–water partition coefficient (Wildman–Crippen LogP) is 2.67. The molecular formula is C12H15ClN2O3S. The first-order chi connectivity index (χ1) is 9.04. The van der Waals surface area contributed by atoms with Crippen molar-refractivity contribution < 1.29 is 14.7 Å². The lowest BCUT2D eigenvalue weighted by molar-refractivity contribution is -0.139. The van der Waals surface area contributed by atoms with E-state index in [9.17, 15) is 9.59 Å². The largest absolute Gasteiger partial charge is 0.480 e. The number of halogens is 1. The second-order valence-electron chi connectivity index (χ2n) is 3.75. The fourth-order valence-electron chi connectivity index (χ4n) is 1.37. The van der Waals surface area contributed by atoms with E-state index in [-0.39, 0.29) is 0 Å². The lowest BCUT2D eigenvalue weighted by Crippen LogP contribution is -2.43. The molecular weight excluding hydrogens is 288 g/mol. The van der Waals surface area contributed by atoms with Crippen molar-refractivity contribution in [1.29, 1.82) is 0 Å². The number of rotatable bonds is 6. The highest BCUT2D eigenvalue weighted by Gasteiger charge is 2.19. The maximum absolute atomic E-state index is 11.7. The van der Waals surface area contributed by atoms with E-state index in [1.807, 2.05) is 6.26 Å². The highest BCUT2D eigenvalue weighted by molar-refractivity contribution is 7.98. The summed E-state index contributed by atoms with van der Waals surface area (Å²) in [6.45, 7) is 0. The number of thioether (sulfide) groups is 1. The predicted molar refractivity (Wildman–Crippen MR) is 78.0 cm³/mol. The Balaban J connectivity index is 2.58. The summed E-state index contributed by atoms with van der Waals surface area (Å²) < 4.78 is 0. The third-order valence-electron chi connectivity index (χ3n) is 2.34. The molecule has 1 atom stereocenters. The van der Waals surface area contributed by atoms with Gasteiger partial charge in [-0.25, -0.2) is 9.59 Å². The summed E-state index contributed by atoms with van der Waals surface area (Å²) in [5, 5.41) is 14.3. The van der Waals surface area contributed by atoms with Crippen molar-refractivity contribution in [1.82, 2.24) is 5.32 Å². The number of para-hydroxylation sites is 1. The Morgan fingerprint density at radius 2 is 2.11 bits per heavy atom. The normalized spacial score (nSPS) is 11.7. The Kier molecular flexibility index (Phi) is 6.52. The molecule has 0 saturated heterocycles. The van der Waals surface area contributed by atoms with E-state index in [4.69, 9.17) is 16.7 Å². The molecule has 0 radical (unpaired) electrons. The molecule has 7 heteroatoms. The Morgan fingerprint density at radius 3 is 2.68 bits per heavy atom. The molecule has 0 heterocycles. The molecule has 0 aromatic heterocycles. The van der Waals surface area contributed by atoms with E-state index in [0.29, 0.717) is 22.9 Å². The number of anilines is 1. The van der Waals surface area contributed by atoms with E-state index >= 15 is 0 Å². The number of amides is 2. The standard InChI is InChI=1S/C12H15ClN2O3S/c1-19-7-6-10(11(16)17)15-12(18)14-9-5-3-2-4-8(9)13/h2-5,10H,6-7H2,1H3,(H,16,17)(H2,14,15,18). The number of carbonyl (C=O) groups is 2. The first-order valence-electron chi connectivity index (χ1n) is 5.58. The average Bonchev–Trinajstić information content (AvgIpc) is 2.37. The number of hydrogen-bond donors (Lipinski definition) is 3. The highest BCUT2D eigenvalue weighted by atomic mass is 35.5. The first-order valence-corrected chi connectivity index (χ1v) is 7.35. The van der Waals surface area contributed by atoms with Crippen molar-refractivity contribution in [3.63, 3.8) is 0 Å². The van der Waals surface area contributed by atoms with E-state index in [2.05, 4.69) is 10.6 Å². The van der Waals surface area contributed by atoms with Crippen LogP contribution < -0.4 is 10.6 Å². The second-order valence-corrected chi connectivity index (χ2v) is 5.14. The molecule has 104 valence electrons. The summed E-state index contributed by atoms with van der Waals surface area (Å²) in [6.07, 6.45) is 2.25. The number of nitrogens with one attached hydrogen (secondary N) is 2. The van der Waals surface area contributed by atoms with Gasteiger partial charge in [0.1, 0.15) is 6.04 Å². The molecule has 0 bridgehead atoms. The van der Waals surface area contributed by atoms with Crippen molar-refractivity contribution >= 4 is 41.1 Å². The fourth-order valence-corrected chi connectivity index (χ4v) is 2.03. The molecule has 2 amide bonds. The summed E-state index contributed by atoms with van der Waals surface area (Å²) in [7, 11) is 0. The van der Waals surface area contributed by atoms with Crippen molar-refractivity contribution in [2.45, 2.75) is 12.5 Å². The molecule has 0 aliphatic rings. The van der Waals surface area contributed by atoms with Crippen LogP contribution in [-0.2, 0) is 4.79 Å². The van der Waals surface area contributed by atoms with Gasteiger partial charge in [-0.1, -0.05) is 23.7 Å². The minimum atomic E-state index is -1.05. The van der Waals surface area contributed by atoms with E-state index < -0.39 is 18.0 Å². The molecule has 1 rings (SSSR count). The van der Waals surface area contributed by atoms with Crippen molar-refractivity contribution in [2.75, 3.05) is 17.3 Å². The van der Waals surface area contributed by atoms with Crippen LogP contribution >= 0.6 is 23.4 Å². The lowest BCUT2D eigenvalue weighted by atomic mass is 10.2. The molecule has 5 nitrogen and oxygen atoms in total. The van der Waals surface area contributed by atoms with Crippen LogP contribution in [0.25, 0.3) is 0 Å². The van der Waals surface area contributed by atoms with Gasteiger partial charge >= 0.3 is 12.0 Å². The number of hydrogen-bond acceptors (Lipinski definition) is 3. The number of urea groups is 1. The maximum atomic E-state index is 11.7. The van der Waals surface area contributed by atoms with Crippen LogP contribution in [0.4, 0.5) is 10.5 Å². The Hall–Kier alpha value is -1.40. The fraction of sp³-hybridized carbons (Fsp3) is 0.333. The van der Waals surface area contributed by atoms with Crippen LogP contribution in [0.5, 0.6) is 0 Å². The van der Waals surface area contributed by atoms with E-state index in [1.165, 1.54) is 11.8 Å². The molecule has 1 aromatic carbocycles. The maximum Gasteiger partial charge on any atom is 0.326 e. The summed E-state index contributed by atoms with van der Waals surface area (Å²) in [5.41, 5.74) is 0.440. The van der Waals surface area contributed by atoms with Gasteiger partial charge in [-0.2, -0.15) is 11.8 Å². The van der Waals surface area contributed by atoms with Crippen LogP contribution in [-0.4, -0.2) is 35.2 Å². The number of carboxylic acid groups (broad SMARTS) is 1. The Bertz CT molecular complexity index is 456. The quantitative estimate of drug-likeness (QED) is 0.755. The number of aliphatic carboxylic acids is 1. The van der Waals surface area contributed by atoms with Gasteiger partial charge < -0.3 is 15.7 Å². The Morgan fingerprint density at radius 1 is 1.42 bits per heavy atom. The molecule has 0 fully saturated rings. The average molecular weight is 303 g/mol. The van der Waals surface area contributed by atoms with Crippen LogP contribution in [0, 0.1) is 0 Å². The topological polar surface area (TPSA) is 78.4 Å². The van der Waals surface area contributed by atoms with Gasteiger partial charge in [-0.15, -0.1) is 0 Å². The van der Waals surface area contributed by atoms with Crippen molar-refractivity contribution in [3.05, 3.63) is 29.3 Å². The van der Waals surface area contributed by atoms with Crippen LogP contribution in [0.1, 0.15) is 6.42 Å². The third kappa shape index (κ3) is 5.40. The molecule has 19 heavy (non-hydrogen) atoms. The lowest BCUT2D eigenvalue weighted by Gasteiger charge is -2.15. The SMILES string of the molecule is CSCCC(NC(=O)Nc1ccccc1Cl)C(=O)O. The molecule has 1 unspecified atom stereocenters. The molecule has 0 spiro atoms. The zero-order valence-corrected chi connectivity index (χ0v) is 11.9. The van der Waals surface area contributed by atoms with Gasteiger partial charge in [0.25, 0.3) is 0 Å². The van der Waals surface area contributed by atoms with Gasteiger partial charge in [0.05, 0.1) is 10.7 Å². The minimum Gasteiger partial charge on any atom is -0.480 e. The summed E-state index contributed by atoms with van der Waals surface area (Å²) in [4.78, 5) is 22.7. The monoisotopic (exact) mass is 302 g/mol. The van der Waals surface area contributed by atoms with Crippen molar-refractivity contribution in [3.8, 4) is 0 Å². The molecule has 0 aliphatic carbocycles. The summed E-state index contributed by atoms with van der Waals surface area (Å²) >= 11 is 7.41. The zero-order valence-electron chi connectivity index (χ0n) is 10.4. The molecule has 3 N–H and O–H groups in total. The Labute approximate surface area is 120 Å². The van der Waals surface area contributed by atoms with Crippen LogP contribution in [0.2, 0.25) is 5.02 Å².